The largest absolute Gasteiger partial charge is 0.300 e. The van der Waals surface area contributed by atoms with Crippen LogP contribution in [0.3, 0.4) is 0 Å². The van der Waals surface area contributed by atoms with E-state index in [2.05, 4.69) is 4.98 Å². The van der Waals surface area contributed by atoms with Crippen molar-refractivity contribution in [2.45, 2.75) is 39.0 Å². The van der Waals surface area contributed by atoms with Crippen molar-refractivity contribution in [3.8, 4) is 0 Å². The van der Waals surface area contributed by atoms with E-state index in [1.54, 1.807) is 19.3 Å². The highest BCUT2D eigenvalue weighted by atomic mass is 16.1. The summed E-state index contributed by atoms with van der Waals surface area (Å²) in [5.41, 5.74) is 3.27. The third kappa shape index (κ3) is 5.60. The van der Waals surface area contributed by atoms with E-state index in [9.17, 15) is 9.59 Å². The van der Waals surface area contributed by atoms with Gasteiger partial charge in [0.25, 0.3) is 0 Å². The number of ketones is 2. The van der Waals surface area contributed by atoms with Crippen LogP contribution in [0.15, 0.2) is 48.8 Å². The number of rotatable bonds is 8. The highest BCUT2D eigenvalue weighted by Crippen LogP contribution is 2.10. The van der Waals surface area contributed by atoms with Crippen LogP contribution >= 0.6 is 0 Å². The molecule has 3 nitrogen and oxygen atoms in total. The highest BCUT2D eigenvalue weighted by molar-refractivity contribution is 5.79. The molecule has 0 aliphatic heterocycles. The first kappa shape index (κ1) is 16.1. The molecule has 0 radical (unpaired) electrons. The smallest absolute Gasteiger partial charge is 0.134 e. The van der Waals surface area contributed by atoms with Crippen molar-refractivity contribution in [1.82, 2.24) is 4.98 Å². The lowest BCUT2D eigenvalue weighted by Crippen LogP contribution is -2.02. The molecule has 0 unspecified atom stereocenters. The lowest BCUT2D eigenvalue weighted by atomic mass is 10.0. The second-order valence-electron chi connectivity index (χ2n) is 5.60. The minimum atomic E-state index is 0.165. The van der Waals surface area contributed by atoms with Gasteiger partial charge in [0.15, 0.2) is 0 Å². The van der Waals surface area contributed by atoms with Crippen LogP contribution in [0.25, 0.3) is 0 Å². The van der Waals surface area contributed by atoms with Crippen LogP contribution in [-0.4, -0.2) is 16.6 Å². The topological polar surface area (TPSA) is 47.0 Å². The summed E-state index contributed by atoms with van der Waals surface area (Å²) in [5.74, 6) is 0.440. The van der Waals surface area contributed by atoms with E-state index in [0.717, 1.165) is 29.5 Å². The predicted molar refractivity (Wildman–Crippen MR) is 86.7 cm³/mol. The van der Waals surface area contributed by atoms with Crippen molar-refractivity contribution in [1.29, 1.82) is 0 Å². The normalized spacial score (nSPS) is 10.4. The Morgan fingerprint density at radius 3 is 2.14 bits per heavy atom. The minimum Gasteiger partial charge on any atom is -0.300 e. The van der Waals surface area contributed by atoms with Crippen molar-refractivity contribution >= 4 is 11.6 Å². The van der Waals surface area contributed by atoms with Crippen LogP contribution in [0.2, 0.25) is 0 Å². The van der Waals surface area contributed by atoms with Crippen LogP contribution in [-0.2, 0) is 28.9 Å². The van der Waals surface area contributed by atoms with Gasteiger partial charge in [-0.1, -0.05) is 30.3 Å². The van der Waals surface area contributed by atoms with E-state index in [1.807, 2.05) is 36.4 Å². The Morgan fingerprint density at radius 2 is 1.55 bits per heavy atom. The summed E-state index contributed by atoms with van der Waals surface area (Å²) in [4.78, 5) is 27.0. The zero-order valence-corrected chi connectivity index (χ0v) is 12.9. The van der Waals surface area contributed by atoms with Crippen LogP contribution < -0.4 is 0 Å². The number of nitrogens with zero attached hydrogens (tertiary/aromatic N) is 1. The van der Waals surface area contributed by atoms with Crippen molar-refractivity contribution in [2.75, 3.05) is 0 Å². The predicted octanol–water partition coefficient (Wildman–Crippen LogP) is 3.35. The molecule has 1 heterocycles. The molecular formula is C19H21NO2. The first-order valence-corrected chi connectivity index (χ1v) is 7.61. The summed E-state index contributed by atoms with van der Waals surface area (Å²) < 4.78 is 0. The Kier molecular flexibility index (Phi) is 6.01. The van der Waals surface area contributed by atoms with Gasteiger partial charge in [-0.3, -0.25) is 14.6 Å². The van der Waals surface area contributed by atoms with Crippen molar-refractivity contribution in [3.05, 3.63) is 65.5 Å². The average molecular weight is 295 g/mol. The Bertz CT molecular complexity index is 618. The summed E-state index contributed by atoms with van der Waals surface area (Å²) >= 11 is 0. The van der Waals surface area contributed by atoms with Crippen LogP contribution in [0, 0.1) is 0 Å². The summed E-state index contributed by atoms with van der Waals surface area (Å²) in [7, 11) is 0. The summed E-state index contributed by atoms with van der Waals surface area (Å²) in [6.45, 7) is 1.59. The molecule has 0 saturated carbocycles. The van der Waals surface area contributed by atoms with E-state index in [1.165, 1.54) is 0 Å². The second-order valence-corrected chi connectivity index (χ2v) is 5.60. The molecule has 22 heavy (non-hydrogen) atoms. The number of aromatic nitrogens is 1. The number of carbonyl (C=O) groups is 2. The quantitative estimate of drug-likeness (QED) is 0.750. The fourth-order valence-electron chi connectivity index (χ4n) is 2.35. The Morgan fingerprint density at radius 1 is 0.909 bits per heavy atom. The molecule has 0 fully saturated rings. The van der Waals surface area contributed by atoms with Crippen LogP contribution in [0.1, 0.15) is 36.5 Å². The minimum absolute atomic E-state index is 0.165. The van der Waals surface area contributed by atoms with Crippen LogP contribution in [0.5, 0.6) is 0 Å². The number of benzene rings is 1. The third-order valence-electron chi connectivity index (χ3n) is 3.58. The van der Waals surface area contributed by atoms with Gasteiger partial charge in [0.05, 0.1) is 0 Å². The lowest BCUT2D eigenvalue weighted by Gasteiger charge is -2.04. The molecular weight excluding hydrogens is 274 g/mol. The van der Waals surface area contributed by atoms with Gasteiger partial charge >= 0.3 is 0 Å². The number of hydrogen-bond donors (Lipinski definition) is 0. The molecule has 114 valence electrons. The Labute approximate surface area is 131 Å². The SMILES string of the molecule is CC(=O)Cc1ccc(CCC(=O)CCc2cccnc2)cc1. The lowest BCUT2D eigenvalue weighted by molar-refractivity contribution is -0.119. The molecule has 0 saturated heterocycles. The monoisotopic (exact) mass is 295 g/mol. The maximum absolute atomic E-state index is 11.9. The van der Waals surface area contributed by atoms with Gasteiger partial charge in [-0.2, -0.15) is 0 Å². The van der Waals surface area contributed by atoms with Crippen LogP contribution in [0.4, 0.5) is 0 Å². The fourth-order valence-corrected chi connectivity index (χ4v) is 2.35. The maximum Gasteiger partial charge on any atom is 0.134 e. The number of Topliss-reactive ketones (excluding diaryl/α,β-unsaturated/α-hetero) is 2. The van der Waals surface area contributed by atoms with E-state index >= 15 is 0 Å². The molecule has 0 atom stereocenters. The van der Waals surface area contributed by atoms with Crippen molar-refractivity contribution in [2.24, 2.45) is 0 Å². The van der Waals surface area contributed by atoms with Gasteiger partial charge in [-0.05, 0) is 42.5 Å². The van der Waals surface area contributed by atoms with Gasteiger partial charge in [0.2, 0.25) is 0 Å². The average Bonchev–Trinajstić information content (AvgIpc) is 2.53. The first-order chi connectivity index (χ1) is 10.6. The molecule has 1 aromatic carbocycles. The van der Waals surface area contributed by atoms with Gasteiger partial charge in [0, 0.05) is 31.7 Å². The van der Waals surface area contributed by atoms with E-state index < -0.39 is 0 Å². The zero-order valence-electron chi connectivity index (χ0n) is 12.9. The van der Waals surface area contributed by atoms with Gasteiger partial charge in [-0.25, -0.2) is 0 Å². The fraction of sp³-hybridized carbons (Fsp3) is 0.316. The third-order valence-corrected chi connectivity index (χ3v) is 3.58. The standard InChI is InChI=1S/C19H21NO2/c1-15(21)13-17-6-4-16(5-7-17)8-10-19(22)11-9-18-3-2-12-20-14-18/h2-7,12,14H,8-11,13H2,1H3. The molecule has 0 N–H and O–H groups in total. The maximum atomic E-state index is 11.9. The van der Waals surface area contributed by atoms with Gasteiger partial charge in [0.1, 0.15) is 11.6 Å². The molecule has 0 aliphatic carbocycles. The first-order valence-electron chi connectivity index (χ1n) is 7.61. The zero-order chi connectivity index (χ0) is 15.8. The van der Waals surface area contributed by atoms with Gasteiger partial charge in [-0.15, -0.1) is 0 Å². The van der Waals surface area contributed by atoms with Crippen molar-refractivity contribution < 1.29 is 9.59 Å². The van der Waals surface area contributed by atoms with Gasteiger partial charge < -0.3 is 0 Å². The molecule has 1 aromatic heterocycles. The molecule has 0 amide bonds. The second kappa shape index (κ2) is 8.23. The molecule has 0 bridgehead atoms. The highest BCUT2D eigenvalue weighted by Gasteiger charge is 2.04. The summed E-state index contributed by atoms with van der Waals surface area (Å²) in [6.07, 6.45) is 6.66. The summed E-state index contributed by atoms with van der Waals surface area (Å²) in [5, 5.41) is 0. The number of aryl methyl sites for hydroxylation is 2. The number of pyridine rings is 1. The number of hydrogen-bond acceptors (Lipinski definition) is 3. The van der Waals surface area contributed by atoms with E-state index in [-0.39, 0.29) is 11.6 Å². The molecule has 2 aromatic rings. The molecule has 0 aliphatic rings. The van der Waals surface area contributed by atoms with E-state index in [0.29, 0.717) is 19.3 Å². The number of carbonyl (C=O) groups excluding carboxylic acids is 2. The van der Waals surface area contributed by atoms with Crippen molar-refractivity contribution in [3.63, 3.8) is 0 Å². The summed E-state index contributed by atoms with van der Waals surface area (Å²) in [6, 6.07) is 11.8. The molecule has 3 heteroatoms. The Hall–Kier alpha value is -2.29. The van der Waals surface area contributed by atoms with E-state index in [4.69, 9.17) is 0 Å². The molecule has 0 spiro atoms. The molecule has 2 rings (SSSR count). The Balaban J connectivity index is 1.75.